The number of carbonyl (C=O) groups excluding carboxylic acids is 2. The standard InChI is InChI=1S/C23H18Br2N2O2/c1-15-5-9-17(10-6-15)22(28)27-21(13-16-7-11-18(24)12-8-16)23(29)26-20-4-2-3-19(25)14-20/h2-14H,1H3,(H,26,29)(H,27,28)/b21-13+. The van der Waals surface area contributed by atoms with Crippen LogP contribution in [0.4, 0.5) is 5.69 Å². The zero-order valence-electron chi connectivity index (χ0n) is 15.6. The summed E-state index contributed by atoms with van der Waals surface area (Å²) in [6.45, 7) is 1.95. The lowest BCUT2D eigenvalue weighted by atomic mass is 10.1. The third kappa shape index (κ3) is 6.14. The molecule has 0 spiro atoms. The van der Waals surface area contributed by atoms with Crippen LogP contribution in [0.2, 0.25) is 0 Å². The molecule has 146 valence electrons. The molecule has 4 nitrogen and oxygen atoms in total. The number of halogens is 2. The predicted octanol–water partition coefficient (Wildman–Crippen LogP) is 5.93. The first kappa shape index (κ1) is 21.0. The highest BCUT2D eigenvalue weighted by atomic mass is 79.9. The van der Waals surface area contributed by atoms with Crippen molar-refractivity contribution in [1.82, 2.24) is 5.32 Å². The van der Waals surface area contributed by atoms with E-state index in [2.05, 4.69) is 42.5 Å². The number of rotatable bonds is 5. The second kappa shape index (κ2) is 9.67. The SMILES string of the molecule is Cc1ccc(C(=O)N/C(=C/c2ccc(Br)cc2)C(=O)Nc2cccc(Br)c2)cc1. The Kier molecular flexibility index (Phi) is 7.01. The number of carbonyl (C=O) groups is 2. The van der Waals surface area contributed by atoms with Crippen LogP contribution in [-0.2, 0) is 4.79 Å². The van der Waals surface area contributed by atoms with E-state index in [0.717, 1.165) is 20.1 Å². The van der Waals surface area contributed by atoms with Gasteiger partial charge in [-0.15, -0.1) is 0 Å². The Labute approximate surface area is 186 Å². The van der Waals surface area contributed by atoms with Crippen molar-refractivity contribution in [3.8, 4) is 0 Å². The minimum Gasteiger partial charge on any atom is -0.321 e. The van der Waals surface area contributed by atoms with Gasteiger partial charge in [0.05, 0.1) is 0 Å². The molecular formula is C23H18Br2N2O2. The van der Waals surface area contributed by atoms with Gasteiger partial charge in [0.2, 0.25) is 0 Å². The van der Waals surface area contributed by atoms with Crippen molar-refractivity contribution < 1.29 is 9.59 Å². The van der Waals surface area contributed by atoms with Gasteiger partial charge in [-0.1, -0.05) is 67.8 Å². The molecule has 0 unspecified atom stereocenters. The molecule has 0 aliphatic carbocycles. The summed E-state index contributed by atoms with van der Waals surface area (Å²) in [5.41, 5.74) is 3.09. The summed E-state index contributed by atoms with van der Waals surface area (Å²) in [5, 5.41) is 5.56. The van der Waals surface area contributed by atoms with Gasteiger partial charge in [-0.25, -0.2) is 0 Å². The summed E-state index contributed by atoms with van der Waals surface area (Å²) in [5.74, 6) is -0.760. The van der Waals surface area contributed by atoms with Crippen LogP contribution in [0.1, 0.15) is 21.5 Å². The first-order chi connectivity index (χ1) is 13.9. The Hall–Kier alpha value is -2.70. The molecule has 0 saturated heterocycles. The normalized spacial score (nSPS) is 11.1. The zero-order valence-corrected chi connectivity index (χ0v) is 18.7. The fourth-order valence-corrected chi connectivity index (χ4v) is 3.21. The number of benzene rings is 3. The van der Waals surface area contributed by atoms with Crippen LogP contribution < -0.4 is 10.6 Å². The van der Waals surface area contributed by atoms with E-state index in [-0.39, 0.29) is 11.6 Å². The zero-order chi connectivity index (χ0) is 20.8. The molecule has 0 fully saturated rings. The summed E-state index contributed by atoms with van der Waals surface area (Å²) in [4.78, 5) is 25.6. The van der Waals surface area contributed by atoms with Crippen LogP contribution in [-0.4, -0.2) is 11.8 Å². The molecule has 0 atom stereocenters. The third-order valence-corrected chi connectivity index (χ3v) is 5.09. The number of amides is 2. The largest absolute Gasteiger partial charge is 0.321 e. The highest BCUT2D eigenvalue weighted by Crippen LogP contribution is 2.18. The van der Waals surface area contributed by atoms with E-state index in [4.69, 9.17) is 0 Å². The van der Waals surface area contributed by atoms with Crippen molar-refractivity contribution in [2.24, 2.45) is 0 Å². The Morgan fingerprint density at radius 3 is 2.21 bits per heavy atom. The summed E-state index contributed by atoms with van der Waals surface area (Å²) >= 11 is 6.78. The van der Waals surface area contributed by atoms with Gasteiger partial charge in [-0.2, -0.15) is 0 Å². The van der Waals surface area contributed by atoms with Gasteiger partial charge in [0, 0.05) is 20.2 Å². The molecule has 0 saturated carbocycles. The molecule has 0 aliphatic rings. The molecule has 3 aromatic carbocycles. The fraction of sp³-hybridized carbons (Fsp3) is 0.0435. The smallest absolute Gasteiger partial charge is 0.272 e. The third-order valence-electron chi connectivity index (χ3n) is 4.07. The lowest BCUT2D eigenvalue weighted by molar-refractivity contribution is -0.113. The van der Waals surface area contributed by atoms with Crippen LogP contribution in [0, 0.1) is 6.92 Å². The Morgan fingerprint density at radius 1 is 0.862 bits per heavy atom. The van der Waals surface area contributed by atoms with Crippen LogP contribution in [0.15, 0.2) is 87.4 Å². The molecule has 0 aromatic heterocycles. The summed E-state index contributed by atoms with van der Waals surface area (Å²) in [7, 11) is 0. The topological polar surface area (TPSA) is 58.2 Å². The fourth-order valence-electron chi connectivity index (χ4n) is 2.55. The number of aryl methyl sites for hydroxylation is 1. The van der Waals surface area contributed by atoms with Gasteiger partial charge < -0.3 is 10.6 Å². The Balaban J connectivity index is 1.88. The molecule has 0 bridgehead atoms. The van der Waals surface area contributed by atoms with E-state index in [9.17, 15) is 9.59 Å². The van der Waals surface area contributed by atoms with Gasteiger partial charge >= 0.3 is 0 Å². The van der Waals surface area contributed by atoms with Crippen molar-refractivity contribution in [2.75, 3.05) is 5.32 Å². The summed E-state index contributed by atoms with van der Waals surface area (Å²) in [6, 6.07) is 21.9. The molecule has 29 heavy (non-hydrogen) atoms. The second-order valence-electron chi connectivity index (χ2n) is 6.39. The van der Waals surface area contributed by atoms with Crippen molar-refractivity contribution in [2.45, 2.75) is 6.92 Å². The minimum atomic E-state index is -0.411. The molecule has 0 aliphatic heterocycles. The lowest BCUT2D eigenvalue weighted by Gasteiger charge is -2.12. The highest BCUT2D eigenvalue weighted by molar-refractivity contribution is 9.10. The maximum Gasteiger partial charge on any atom is 0.272 e. The Bertz CT molecular complexity index is 1060. The second-order valence-corrected chi connectivity index (χ2v) is 8.23. The number of anilines is 1. The van der Waals surface area contributed by atoms with Crippen molar-refractivity contribution >= 4 is 55.4 Å². The van der Waals surface area contributed by atoms with E-state index in [0.29, 0.717) is 11.3 Å². The maximum atomic E-state index is 12.9. The number of hydrogen-bond donors (Lipinski definition) is 2. The van der Waals surface area contributed by atoms with E-state index in [1.165, 1.54) is 0 Å². The summed E-state index contributed by atoms with van der Waals surface area (Å²) in [6.07, 6.45) is 1.64. The Morgan fingerprint density at radius 2 is 1.55 bits per heavy atom. The average molecular weight is 514 g/mol. The first-order valence-electron chi connectivity index (χ1n) is 8.83. The highest BCUT2D eigenvalue weighted by Gasteiger charge is 2.15. The van der Waals surface area contributed by atoms with E-state index < -0.39 is 5.91 Å². The van der Waals surface area contributed by atoms with E-state index >= 15 is 0 Å². The van der Waals surface area contributed by atoms with Gasteiger partial charge in [-0.05, 0) is 61.0 Å². The maximum absolute atomic E-state index is 12.9. The minimum absolute atomic E-state index is 0.151. The quantitative estimate of drug-likeness (QED) is 0.415. The average Bonchev–Trinajstić information content (AvgIpc) is 2.69. The number of hydrogen-bond acceptors (Lipinski definition) is 2. The molecule has 0 heterocycles. The van der Waals surface area contributed by atoms with Gasteiger partial charge in [0.15, 0.2) is 0 Å². The summed E-state index contributed by atoms with van der Waals surface area (Å²) < 4.78 is 1.77. The van der Waals surface area contributed by atoms with Gasteiger partial charge in [0.1, 0.15) is 5.70 Å². The predicted molar refractivity (Wildman–Crippen MR) is 124 cm³/mol. The van der Waals surface area contributed by atoms with Crippen LogP contribution >= 0.6 is 31.9 Å². The van der Waals surface area contributed by atoms with Crippen LogP contribution in [0.25, 0.3) is 6.08 Å². The lowest BCUT2D eigenvalue weighted by Crippen LogP contribution is -2.30. The molecule has 6 heteroatoms. The van der Waals surface area contributed by atoms with Crippen LogP contribution in [0.5, 0.6) is 0 Å². The molecule has 2 amide bonds. The molecule has 3 rings (SSSR count). The van der Waals surface area contributed by atoms with Gasteiger partial charge in [-0.3, -0.25) is 9.59 Å². The number of nitrogens with one attached hydrogen (secondary N) is 2. The van der Waals surface area contributed by atoms with Crippen molar-refractivity contribution in [3.05, 3.63) is 104 Å². The molecule has 3 aromatic rings. The first-order valence-corrected chi connectivity index (χ1v) is 10.4. The van der Waals surface area contributed by atoms with E-state index in [1.807, 2.05) is 55.5 Å². The van der Waals surface area contributed by atoms with Crippen LogP contribution in [0.3, 0.4) is 0 Å². The van der Waals surface area contributed by atoms with Crippen molar-refractivity contribution in [1.29, 1.82) is 0 Å². The monoisotopic (exact) mass is 512 g/mol. The van der Waals surface area contributed by atoms with Gasteiger partial charge in [0.25, 0.3) is 11.8 Å². The van der Waals surface area contributed by atoms with Crippen molar-refractivity contribution in [3.63, 3.8) is 0 Å². The molecule has 0 radical (unpaired) electrons. The van der Waals surface area contributed by atoms with E-state index in [1.54, 1.807) is 30.3 Å². The molecular weight excluding hydrogens is 496 g/mol. The molecule has 2 N–H and O–H groups in total.